The first-order chi connectivity index (χ1) is 12.7. The maximum absolute atomic E-state index is 6.02. The van der Waals surface area contributed by atoms with Crippen LogP contribution >= 0.6 is 23.2 Å². The van der Waals surface area contributed by atoms with E-state index in [1.54, 1.807) is 0 Å². The Morgan fingerprint density at radius 1 is 0.846 bits per heavy atom. The lowest BCUT2D eigenvalue weighted by molar-refractivity contribution is 0.174. The van der Waals surface area contributed by atoms with Gasteiger partial charge in [-0.05, 0) is 54.3 Å². The minimum absolute atomic E-state index is 0.442. The topological polar surface area (TPSA) is 21.1 Å². The van der Waals surface area contributed by atoms with Crippen molar-refractivity contribution in [2.24, 2.45) is 0 Å². The molecule has 1 aliphatic rings. The van der Waals surface area contributed by atoms with Crippen LogP contribution < -0.4 is 0 Å². The summed E-state index contributed by atoms with van der Waals surface area (Å²) < 4.78 is 2.18. The second-order valence-electron chi connectivity index (χ2n) is 6.80. The normalized spacial score (nSPS) is 16.1. The fourth-order valence-electron chi connectivity index (χ4n) is 3.62. The first-order valence-corrected chi connectivity index (χ1v) is 9.71. The monoisotopic (exact) mass is 385 g/mol. The number of benzene rings is 2. The molecular formula is C21H21Cl2N3. The third-order valence-electron chi connectivity index (χ3n) is 5.03. The Kier molecular flexibility index (Phi) is 5.30. The SMILES string of the molecule is Clc1ccc(CN2CCC(n3nccc3-c3ccc(Cl)cc3)CC2)cc1. The minimum atomic E-state index is 0.442. The Morgan fingerprint density at radius 2 is 1.46 bits per heavy atom. The van der Waals surface area contributed by atoms with Crippen molar-refractivity contribution >= 4 is 23.2 Å². The van der Waals surface area contributed by atoms with Crippen molar-refractivity contribution in [3.05, 3.63) is 76.4 Å². The lowest BCUT2D eigenvalue weighted by Gasteiger charge is -2.32. The van der Waals surface area contributed by atoms with Crippen LogP contribution in [0.25, 0.3) is 11.3 Å². The van der Waals surface area contributed by atoms with Gasteiger partial charge < -0.3 is 0 Å². The quantitative estimate of drug-likeness (QED) is 0.574. The molecule has 0 unspecified atom stereocenters. The number of hydrogen-bond acceptors (Lipinski definition) is 2. The molecule has 0 saturated carbocycles. The zero-order valence-electron chi connectivity index (χ0n) is 14.5. The largest absolute Gasteiger partial charge is 0.299 e. The van der Waals surface area contributed by atoms with E-state index in [4.69, 9.17) is 23.2 Å². The molecule has 0 bridgehead atoms. The van der Waals surface area contributed by atoms with Gasteiger partial charge in [-0.1, -0.05) is 47.5 Å². The summed E-state index contributed by atoms with van der Waals surface area (Å²) in [5.41, 5.74) is 3.64. The van der Waals surface area contributed by atoms with Gasteiger partial charge in [-0.3, -0.25) is 9.58 Å². The van der Waals surface area contributed by atoms with Gasteiger partial charge in [0.25, 0.3) is 0 Å². The minimum Gasteiger partial charge on any atom is -0.299 e. The van der Waals surface area contributed by atoms with Crippen LogP contribution in [0.4, 0.5) is 0 Å². The summed E-state index contributed by atoms with van der Waals surface area (Å²) in [7, 11) is 0. The van der Waals surface area contributed by atoms with Gasteiger partial charge in [0.2, 0.25) is 0 Å². The number of aromatic nitrogens is 2. The van der Waals surface area contributed by atoms with Crippen LogP contribution in [0.1, 0.15) is 24.4 Å². The van der Waals surface area contributed by atoms with Crippen LogP contribution in [0.2, 0.25) is 10.0 Å². The van der Waals surface area contributed by atoms with Crippen LogP contribution in [-0.4, -0.2) is 27.8 Å². The van der Waals surface area contributed by atoms with Crippen molar-refractivity contribution in [3.63, 3.8) is 0 Å². The fourth-order valence-corrected chi connectivity index (χ4v) is 3.88. The molecule has 3 nitrogen and oxygen atoms in total. The molecule has 0 N–H and O–H groups in total. The van der Waals surface area contributed by atoms with Crippen LogP contribution in [0, 0.1) is 0 Å². The van der Waals surface area contributed by atoms with Gasteiger partial charge in [0.15, 0.2) is 0 Å². The molecule has 0 aliphatic carbocycles. The van der Waals surface area contributed by atoms with Gasteiger partial charge in [0.05, 0.1) is 11.7 Å². The molecule has 26 heavy (non-hydrogen) atoms. The highest BCUT2D eigenvalue weighted by Gasteiger charge is 2.23. The summed E-state index contributed by atoms with van der Waals surface area (Å²) in [5, 5.41) is 6.16. The Labute approximate surface area is 164 Å². The lowest BCUT2D eigenvalue weighted by atomic mass is 10.0. The van der Waals surface area contributed by atoms with Crippen molar-refractivity contribution in [3.8, 4) is 11.3 Å². The van der Waals surface area contributed by atoms with E-state index < -0.39 is 0 Å². The predicted octanol–water partition coefficient (Wildman–Crippen LogP) is 5.69. The third kappa shape index (κ3) is 3.96. The van der Waals surface area contributed by atoms with E-state index >= 15 is 0 Å². The van der Waals surface area contributed by atoms with Gasteiger partial charge in [-0.2, -0.15) is 5.10 Å². The standard InChI is InChI=1S/C21H21Cl2N3/c22-18-5-1-16(2-6-18)15-25-13-10-20(11-14-25)26-21(9-12-24-26)17-3-7-19(23)8-4-17/h1-9,12,20H,10-11,13-15H2. The smallest absolute Gasteiger partial charge is 0.0685 e. The average Bonchev–Trinajstić information content (AvgIpc) is 3.15. The molecule has 1 aromatic heterocycles. The Balaban J connectivity index is 1.41. The molecule has 1 fully saturated rings. The fraction of sp³-hybridized carbons (Fsp3) is 0.286. The highest BCUT2D eigenvalue weighted by atomic mass is 35.5. The maximum Gasteiger partial charge on any atom is 0.0685 e. The number of rotatable bonds is 4. The Hall–Kier alpha value is -1.81. The number of likely N-dealkylation sites (tertiary alicyclic amines) is 1. The number of halogens is 2. The molecule has 2 aromatic carbocycles. The predicted molar refractivity (Wildman–Crippen MR) is 108 cm³/mol. The summed E-state index contributed by atoms with van der Waals surface area (Å²) in [6.07, 6.45) is 4.11. The second kappa shape index (κ2) is 7.83. The molecule has 4 rings (SSSR count). The number of piperidine rings is 1. The van der Waals surface area contributed by atoms with Crippen LogP contribution in [0.15, 0.2) is 60.8 Å². The molecule has 5 heteroatoms. The molecule has 1 saturated heterocycles. The zero-order valence-corrected chi connectivity index (χ0v) is 16.0. The molecule has 3 aromatic rings. The number of hydrogen-bond donors (Lipinski definition) is 0. The maximum atomic E-state index is 6.02. The highest BCUT2D eigenvalue weighted by Crippen LogP contribution is 2.29. The van der Waals surface area contributed by atoms with E-state index in [1.807, 2.05) is 30.5 Å². The van der Waals surface area contributed by atoms with E-state index in [0.717, 1.165) is 53.8 Å². The van der Waals surface area contributed by atoms with Crippen molar-refractivity contribution in [1.82, 2.24) is 14.7 Å². The van der Waals surface area contributed by atoms with Gasteiger partial charge in [0, 0.05) is 35.9 Å². The first-order valence-electron chi connectivity index (χ1n) is 8.95. The van der Waals surface area contributed by atoms with E-state index in [9.17, 15) is 0 Å². The number of nitrogens with zero attached hydrogens (tertiary/aromatic N) is 3. The van der Waals surface area contributed by atoms with Gasteiger partial charge >= 0.3 is 0 Å². The van der Waals surface area contributed by atoms with E-state index in [-0.39, 0.29) is 0 Å². The molecule has 0 radical (unpaired) electrons. The second-order valence-corrected chi connectivity index (χ2v) is 7.67. The van der Waals surface area contributed by atoms with Gasteiger partial charge in [-0.15, -0.1) is 0 Å². The molecule has 0 atom stereocenters. The van der Waals surface area contributed by atoms with Crippen LogP contribution in [-0.2, 0) is 6.54 Å². The van der Waals surface area contributed by atoms with Gasteiger partial charge in [0.1, 0.15) is 0 Å². The van der Waals surface area contributed by atoms with E-state index in [0.29, 0.717) is 6.04 Å². The summed E-state index contributed by atoms with van der Waals surface area (Å²) in [6.45, 7) is 3.13. The first kappa shape index (κ1) is 17.6. The van der Waals surface area contributed by atoms with Crippen LogP contribution in [0.3, 0.4) is 0 Å². The van der Waals surface area contributed by atoms with E-state index in [2.05, 4.69) is 45.0 Å². The summed E-state index contributed by atoms with van der Waals surface area (Å²) in [4.78, 5) is 2.51. The third-order valence-corrected chi connectivity index (χ3v) is 5.54. The molecule has 1 aliphatic heterocycles. The Morgan fingerprint density at radius 3 is 2.12 bits per heavy atom. The molecule has 0 amide bonds. The van der Waals surface area contributed by atoms with Crippen molar-refractivity contribution in [1.29, 1.82) is 0 Å². The molecule has 2 heterocycles. The molecule has 134 valence electrons. The molecular weight excluding hydrogens is 365 g/mol. The van der Waals surface area contributed by atoms with E-state index in [1.165, 1.54) is 5.56 Å². The van der Waals surface area contributed by atoms with Crippen molar-refractivity contribution in [2.45, 2.75) is 25.4 Å². The van der Waals surface area contributed by atoms with Crippen LogP contribution in [0.5, 0.6) is 0 Å². The van der Waals surface area contributed by atoms with Crippen molar-refractivity contribution < 1.29 is 0 Å². The molecule has 0 spiro atoms. The summed E-state index contributed by atoms with van der Waals surface area (Å²) in [5.74, 6) is 0. The zero-order chi connectivity index (χ0) is 17.9. The average molecular weight is 386 g/mol. The van der Waals surface area contributed by atoms with Crippen molar-refractivity contribution in [2.75, 3.05) is 13.1 Å². The highest BCUT2D eigenvalue weighted by molar-refractivity contribution is 6.30. The van der Waals surface area contributed by atoms with Gasteiger partial charge in [-0.25, -0.2) is 0 Å². The summed E-state index contributed by atoms with van der Waals surface area (Å²) in [6, 6.07) is 18.7. The summed E-state index contributed by atoms with van der Waals surface area (Å²) >= 11 is 12.0. The Bertz CT molecular complexity index is 848. The lowest BCUT2D eigenvalue weighted by Crippen LogP contribution is -2.34.